The number of nitrogens with zero attached hydrogens (tertiary/aromatic N) is 4. The number of thioether (sulfide) groups is 1. The molecule has 2 saturated heterocycles. The first-order valence-electron chi connectivity index (χ1n) is 22.2. The van der Waals surface area contributed by atoms with Gasteiger partial charge in [-0.2, -0.15) is 13.2 Å². The lowest BCUT2D eigenvalue weighted by Crippen LogP contribution is -2.47. The summed E-state index contributed by atoms with van der Waals surface area (Å²) in [6.07, 6.45) is 3.63. The second kappa shape index (κ2) is 21.0. The monoisotopic (exact) mass is 986 g/mol. The molecule has 3 aliphatic rings. The van der Waals surface area contributed by atoms with Crippen LogP contribution >= 0.6 is 23.4 Å². The van der Waals surface area contributed by atoms with Crippen molar-refractivity contribution in [3.8, 4) is 0 Å². The summed E-state index contributed by atoms with van der Waals surface area (Å²) in [7, 11) is -8.85. The van der Waals surface area contributed by atoms with Crippen LogP contribution in [-0.2, 0) is 19.9 Å². The predicted molar refractivity (Wildman–Crippen MR) is 259 cm³/mol. The lowest BCUT2D eigenvalue weighted by molar-refractivity contribution is -0.0435. The third-order valence-electron chi connectivity index (χ3n) is 12.7. The molecule has 4 aromatic carbocycles. The Hall–Kier alpha value is -4.10. The molecule has 356 valence electrons. The van der Waals surface area contributed by atoms with Gasteiger partial charge in [0.25, 0.3) is 25.8 Å². The first kappa shape index (κ1) is 49.8. The molecular formula is C48H58ClF3N6O5S3. The Kier molecular flexibility index (Phi) is 15.9. The summed E-state index contributed by atoms with van der Waals surface area (Å²) in [5, 5.41) is 3.74. The SMILES string of the molecule is CN1CCN(CC[C@H](CSc2ccccc2)Nc2ccc(S(=O)(=O)NC(=O)c3ccc(N4CCN(CC5=C(c6ccc(Cl)cc6)CCC(C)(C)C5)CC4)cc3)cc2S(=O)(=O)C(F)(F)F)CC1. The Labute approximate surface area is 396 Å². The van der Waals surface area contributed by atoms with Crippen LogP contribution in [-0.4, -0.2) is 127 Å². The Morgan fingerprint density at radius 1 is 0.833 bits per heavy atom. The van der Waals surface area contributed by atoms with Gasteiger partial charge < -0.3 is 20.0 Å². The van der Waals surface area contributed by atoms with Gasteiger partial charge in [0.1, 0.15) is 4.90 Å². The maximum Gasteiger partial charge on any atom is 0.501 e. The van der Waals surface area contributed by atoms with Crippen molar-refractivity contribution in [1.82, 2.24) is 19.4 Å². The smallest absolute Gasteiger partial charge is 0.380 e. The number of amides is 1. The van der Waals surface area contributed by atoms with Crippen LogP contribution in [0.15, 0.2) is 117 Å². The minimum Gasteiger partial charge on any atom is -0.380 e. The first-order valence-corrected chi connectivity index (χ1v) is 26.5. The molecule has 4 aromatic rings. The number of anilines is 2. The number of piperazine rings is 2. The van der Waals surface area contributed by atoms with Gasteiger partial charge in [0.15, 0.2) is 0 Å². The number of alkyl halides is 3. The highest BCUT2D eigenvalue weighted by Crippen LogP contribution is 2.43. The molecule has 1 amide bonds. The van der Waals surface area contributed by atoms with Crippen LogP contribution in [0.1, 0.15) is 55.5 Å². The highest BCUT2D eigenvalue weighted by atomic mass is 35.5. The Balaban J connectivity index is 1.02. The standard InChI is InChI=1S/C48H58ClF3N6O5S3/c1-47(2)21-19-43(35-9-13-38(49)14-10-35)37(32-47)33-57-27-29-58(30-28-57)40-15-11-36(12-16-40)46(59)54-66(62,63)42-17-18-44(45(31-42)65(60,61)48(50,51)52)53-39(34-64-41-7-5-4-6-8-41)20-22-56-25-23-55(3)24-26-56/h4-18,31,39,53H,19-30,32-34H2,1-3H3,(H,54,59)/t39-/m1/s1. The molecule has 0 spiro atoms. The zero-order valence-electron chi connectivity index (χ0n) is 37.5. The van der Waals surface area contributed by atoms with Crippen molar-refractivity contribution >= 4 is 66.1 Å². The summed E-state index contributed by atoms with van der Waals surface area (Å²) in [5.74, 6) is -0.631. The summed E-state index contributed by atoms with van der Waals surface area (Å²) < 4.78 is 98.0. The van der Waals surface area contributed by atoms with E-state index in [1.54, 1.807) is 12.1 Å². The molecule has 2 aliphatic heterocycles. The number of benzene rings is 4. The third-order valence-corrected chi connectivity index (χ3v) is 17.0. The van der Waals surface area contributed by atoms with Gasteiger partial charge in [-0.25, -0.2) is 21.6 Å². The highest BCUT2D eigenvalue weighted by molar-refractivity contribution is 7.99. The first-order chi connectivity index (χ1) is 31.3. The molecule has 2 fully saturated rings. The Morgan fingerprint density at radius 2 is 1.48 bits per heavy atom. The fourth-order valence-corrected chi connectivity index (χ4v) is 11.9. The fourth-order valence-electron chi connectivity index (χ4n) is 8.74. The van der Waals surface area contributed by atoms with Crippen LogP contribution in [0, 0.1) is 5.41 Å². The van der Waals surface area contributed by atoms with Crippen LogP contribution in [0.2, 0.25) is 5.02 Å². The van der Waals surface area contributed by atoms with E-state index in [0.29, 0.717) is 29.8 Å². The summed E-state index contributed by atoms with van der Waals surface area (Å²) in [6.45, 7) is 12.6. The Morgan fingerprint density at radius 3 is 2.14 bits per heavy atom. The average Bonchev–Trinajstić information content (AvgIpc) is 3.28. The second-order valence-electron chi connectivity index (χ2n) is 18.2. The van der Waals surface area contributed by atoms with Gasteiger partial charge in [0.2, 0.25) is 0 Å². The molecule has 0 bridgehead atoms. The molecule has 0 unspecified atom stereocenters. The van der Waals surface area contributed by atoms with Crippen molar-refractivity contribution in [1.29, 1.82) is 0 Å². The van der Waals surface area contributed by atoms with E-state index in [1.807, 2.05) is 54.2 Å². The summed E-state index contributed by atoms with van der Waals surface area (Å²) in [6, 6.07) is 25.9. The number of sulfone groups is 1. The summed E-state index contributed by atoms with van der Waals surface area (Å²) in [4.78, 5) is 21.4. The molecule has 7 rings (SSSR count). The van der Waals surface area contributed by atoms with Gasteiger partial charge in [-0.1, -0.05) is 61.4 Å². The molecule has 2 heterocycles. The fraction of sp³-hybridized carbons (Fsp3) is 0.438. The normalized spacial score (nSPS) is 18.6. The van der Waals surface area contributed by atoms with Crippen molar-refractivity contribution in [3.05, 3.63) is 119 Å². The van der Waals surface area contributed by atoms with Gasteiger partial charge in [-0.3, -0.25) is 9.69 Å². The van der Waals surface area contributed by atoms with Crippen LogP contribution < -0.4 is 14.9 Å². The number of hydrogen-bond acceptors (Lipinski definition) is 11. The van der Waals surface area contributed by atoms with Gasteiger partial charge in [-0.05, 0) is 116 Å². The minimum atomic E-state index is -6.05. The average molecular weight is 988 g/mol. The number of carbonyl (C=O) groups excluding carboxylic acids is 1. The molecule has 2 N–H and O–H groups in total. The molecular weight excluding hydrogens is 929 g/mol. The zero-order chi connectivity index (χ0) is 47.3. The van der Waals surface area contributed by atoms with Gasteiger partial charge in [-0.15, -0.1) is 11.8 Å². The Bertz CT molecular complexity index is 2570. The van der Waals surface area contributed by atoms with Crippen molar-refractivity contribution in [2.45, 2.75) is 65.8 Å². The van der Waals surface area contributed by atoms with Gasteiger partial charge in [0.05, 0.1) is 10.6 Å². The van der Waals surface area contributed by atoms with Crippen molar-refractivity contribution < 1.29 is 34.8 Å². The molecule has 0 aromatic heterocycles. The van der Waals surface area contributed by atoms with E-state index in [9.17, 15) is 34.8 Å². The van der Waals surface area contributed by atoms with E-state index < -0.39 is 47.1 Å². The largest absolute Gasteiger partial charge is 0.501 e. The van der Waals surface area contributed by atoms with Crippen molar-refractivity contribution in [2.24, 2.45) is 5.41 Å². The highest BCUT2D eigenvalue weighted by Gasteiger charge is 2.48. The van der Waals surface area contributed by atoms with E-state index in [-0.39, 0.29) is 16.7 Å². The van der Waals surface area contributed by atoms with Gasteiger partial charge in [0, 0.05) is 98.4 Å². The molecule has 0 saturated carbocycles. The van der Waals surface area contributed by atoms with Crippen LogP contribution in [0.5, 0.6) is 0 Å². The van der Waals surface area contributed by atoms with Gasteiger partial charge >= 0.3 is 5.51 Å². The molecule has 1 aliphatic carbocycles. The van der Waals surface area contributed by atoms with E-state index >= 15 is 0 Å². The minimum absolute atomic E-state index is 0.00284. The summed E-state index contributed by atoms with van der Waals surface area (Å²) >= 11 is 7.66. The molecule has 1 atom stereocenters. The molecule has 66 heavy (non-hydrogen) atoms. The van der Waals surface area contributed by atoms with Crippen LogP contribution in [0.4, 0.5) is 24.5 Å². The number of rotatable bonds is 16. The number of hydrogen-bond donors (Lipinski definition) is 2. The molecule has 0 radical (unpaired) electrons. The maximum absolute atomic E-state index is 14.2. The number of allylic oxidation sites excluding steroid dienone is 1. The van der Waals surface area contributed by atoms with E-state index in [4.69, 9.17) is 11.6 Å². The second-order valence-corrected chi connectivity index (χ2v) is 23.3. The summed E-state index contributed by atoms with van der Waals surface area (Å²) in [5.41, 5.74) is -0.979. The number of sulfonamides is 1. The quantitative estimate of drug-likeness (QED) is 0.105. The number of likely N-dealkylation sites (N-methyl/N-ethyl adjacent to an activating group) is 1. The molecule has 18 heteroatoms. The lowest BCUT2D eigenvalue weighted by Gasteiger charge is -2.39. The third kappa shape index (κ3) is 12.7. The topological polar surface area (TPSA) is 122 Å². The maximum atomic E-state index is 14.2. The number of nitrogens with one attached hydrogen (secondary N) is 2. The van der Waals surface area contributed by atoms with Crippen LogP contribution in [0.25, 0.3) is 5.57 Å². The van der Waals surface area contributed by atoms with Crippen molar-refractivity contribution in [2.75, 3.05) is 88.5 Å². The predicted octanol–water partition coefficient (Wildman–Crippen LogP) is 8.75. The van der Waals surface area contributed by atoms with E-state index in [1.165, 1.54) is 40.6 Å². The molecule has 11 nitrogen and oxygen atoms in total. The lowest BCUT2D eigenvalue weighted by atomic mass is 9.73. The number of carbonyl (C=O) groups is 1. The zero-order valence-corrected chi connectivity index (χ0v) is 40.7. The number of halogens is 4. The van der Waals surface area contributed by atoms with E-state index in [0.717, 1.165) is 101 Å². The van der Waals surface area contributed by atoms with E-state index in [2.05, 4.69) is 50.9 Å². The van der Waals surface area contributed by atoms with Crippen molar-refractivity contribution in [3.63, 3.8) is 0 Å². The van der Waals surface area contributed by atoms with Crippen LogP contribution in [0.3, 0.4) is 0 Å².